The predicted molar refractivity (Wildman–Crippen MR) is 106 cm³/mol. The third-order valence-electron chi connectivity index (χ3n) is 5.69. The number of carbonyl (C=O) groups is 1. The number of hydrogen-bond donors (Lipinski definition) is 0. The van der Waals surface area contributed by atoms with Crippen LogP contribution >= 0.6 is 0 Å². The van der Waals surface area contributed by atoms with E-state index < -0.39 is 5.60 Å². The van der Waals surface area contributed by atoms with E-state index in [0.29, 0.717) is 19.0 Å². The first-order valence-corrected chi connectivity index (χ1v) is 10.1. The maximum Gasteiger partial charge on any atom is 0.410 e. The lowest BCUT2D eigenvalue weighted by Crippen LogP contribution is -2.37. The standard InChI is InChI=1S/C22H30N2O4/c1-22(2,3)28-21(25)24-8-5-15-13-18-20(23(4)10-12-27-18)19(17(15)6-9-24)16-7-11-26-14-16/h7,11,14-15H,5-6,8-10,12-13H2,1-4H3. The van der Waals surface area contributed by atoms with Crippen LogP contribution in [0.1, 0.15) is 45.6 Å². The molecule has 6 nitrogen and oxygen atoms in total. The molecule has 1 amide bonds. The minimum Gasteiger partial charge on any atom is -0.494 e. The van der Waals surface area contributed by atoms with Crippen molar-refractivity contribution in [1.82, 2.24) is 9.80 Å². The molecule has 1 aliphatic carbocycles. The van der Waals surface area contributed by atoms with Gasteiger partial charge in [0.2, 0.25) is 0 Å². The molecule has 0 aromatic carbocycles. The maximum absolute atomic E-state index is 12.6. The van der Waals surface area contributed by atoms with E-state index in [1.54, 1.807) is 6.26 Å². The minimum atomic E-state index is -0.478. The van der Waals surface area contributed by atoms with E-state index in [1.165, 1.54) is 16.8 Å². The molecular formula is C22H30N2O4. The van der Waals surface area contributed by atoms with Crippen LogP contribution in [0.5, 0.6) is 0 Å². The smallest absolute Gasteiger partial charge is 0.410 e. The van der Waals surface area contributed by atoms with Crippen LogP contribution in [0.15, 0.2) is 40.0 Å². The minimum absolute atomic E-state index is 0.220. The van der Waals surface area contributed by atoms with Crippen LogP contribution in [-0.4, -0.2) is 54.8 Å². The first kappa shape index (κ1) is 19.0. The Morgan fingerprint density at radius 3 is 2.79 bits per heavy atom. The van der Waals surface area contributed by atoms with E-state index in [1.807, 2.05) is 38.0 Å². The monoisotopic (exact) mass is 386 g/mol. The summed E-state index contributed by atoms with van der Waals surface area (Å²) in [6.45, 7) is 8.71. The van der Waals surface area contributed by atoms with Gasteiger partial charge in [-0.05, 0) is 45.6 Å². The largest absolute Gasteiger partial charge is 0.494 e. The summed E-state index contributed by atoms with van der Waals surface area (Å²) in [5.74, 6) is 1.45. The van der Waals surface area contributed by atoms with E-state index in [2.05, 4.69) is 11.9 Å². The van der Waals surface area contributed by atoms with Crippen LogP contribution in [0.2, 0.25) is 0 Å². The molecule has 6 heteroatoms. The van der Waals surface area contributed by atoms with Crippen molar-refractivity contribution in [3.8, 4) is 0 Å². The van der Waals surface area contributed by atoms with E-state index >= 15 is 0 Å². The summed E-state index contributed by atoms with van der Waals surface area (Å²) in [5, 5.41) is 0. The van der Waals surface area contributed by atoms with Gasteiger partial charge in [-0.2, -0.15) is 0 Å². The van der Waals surface area contributed by atoms with E-state index in [4.69, 9.17) is 13.9 Å². The Morgan fingerprint density at radius 1 is 1.25 bits per heavy atom. The fourth-order valence-corrected chi connectivity index (χ4v) is 4.41. The van der Waals surface area contributed by atoms with Gasteiger partial charge in [-0.25, -0.2) is 4.79 Å². The SMILES string of the molecule is CN1CCOC2=C1C(c1ccoc1)=C1CCN(C(=O)OC(C)(C)C)CCC1C2. The fourth-order valence-electron chi connectivity index (χ4n) is 4.41. The predicted octanol–water partition coefficient (Wildman–Crippen LogP) is 4.26. The molecule has 1 unspecified atom stereocenters. The van der Waals surface area contributed by atoms with Crippen molar-refractivity contribution >= 4 is 11.7 Å². The summed E-state index contributed by atoms with van der Waals surface area (Å²) >= 11 is 0. The van der Waals surface area contributed by atoms with Crippen molar-refractivity contribution in [1.29, 1.82) is 0 Å². The highest BCUT2D eigenvalue weighted by Gasteiger charge is 2.37. The second-order valence-electron chi connectivity index (χ2n) is 8.86. The number of furan rings is 1. The summed E-state index contributed by atoms with van der Waals surface area (Å²) in [4.78, 5) is 16.8. The molecule has 1 aromatic rings. The zero-order valence-corrected chi connectivity index (χ0v) is 17.3. The molecule has 2 aliphatic heterocycles. The van der Waals surface area contributed by atoms with Gasteiger partial charge in [0.1, 0.15) is 18.0 Å². The zero-order valence-electron chi connectivity index (χ0n) is 17.3. The topological polar surface area (TPSA) is 55.2 Å². The molecule has 0 radical (unpaired) electrons. The Kier molecular flexibility index (Phi) is 4.89. The van der Waals surface area contributed by atoms with Crippen LogP contribution in [0.3, 0.4) is 0 Å². The third-order valence-corrected chi connectivity index (χ3v) is 5.69. The van der Waals surface area contributed by atoms with Gasteiger partial charge >= 0.3 is 6.09 Å². The quantitative estimate of drug-likeness (QED) is 0.722. The highest BCUT2D eigenvalue weighted by Crippen LogP contribution is 2.46. The van der Waals surface area contributed by atoms with Crippen LogP contribution in [0.4, 0.5) is 4.79 Å². The van der Waals surface area contributed by atoms with Crippen LogP contribution in [-0.2, 0) is 9.47 Å². The summed E-state index contributed by atoms with van der Waals surface area (Å²) < 4.78 is 17.1. The molecule has 3 aliphatic rings. The second kappa shape index (κ2) is 7.22. The molecule has 1 atom stereocenters. The van der Waals surface area contributed by atoms with Gasteiger partial charge in [0.05, 0.1) is 24.8 Å². The number of amides is 1. The van der Waals surface area contributed by atoms with Crippen molar-refractivity contribution in [3.05, 3.63) is 41.2 Å². The van der Waals surface area contributed by atoms with Crippen molar-refractivity contribution in [2.75, 3.05) is 33.3 Å². The number of hydrogen-bond acceptors (Lipinski definition) is 5. The number of fused-ring (bicyclic) bond motifs is 1. The average Bonchev–Trinajstić information content (AvgIpc) is 3.05. The summed E-state index contributed by atoms with van der Waals surface area (Å²) in [5.41, 5.74) is 4.44. The maximum atomic E-state index is 12.6. The molecule has 4 rings (SSSR count). The Morgan fingerprint density at radius 2 is 2.07 bits per heavy atom. The Balaban J connectivity index is 1.67. The van der Waals surface area contributed by atoms with Crippen molar-refractivity contribution in [2.45, 2.75) is 45.6 Å². The number of likely N-dealkylation sites (N-methyl/N-ethyl adjacent to an activating group) is 1. The van der Waals surface area contributed by atoms with Gasteiger partial charge in [-0.1, -0.05) is 5.57 Å². The van der Waals surface area contributed by atoms with E-state index in [-0.39, 0.29) is 6.09 Å². The van der Waals surface area contributed by atoms with Gasteiger partial charge in [0, 0.05) is 37.7 Å². The average molecular weight is 386 g/mol. The summed E-state index contributed by atoms with van der Waals surface area (Å²) in [6, 6.07) is 2.02. The number of allylic oxidation sites excluding steroid dienone is 2. The number of nitrogens with zero attached hydrogens (tertiary/aromatic N) is 2. The van der Waals surface area contributed by atoms with Gasteiger partial charge in [-0.15, -0.1) is 0 Å². The molecule has 1 saturated heterocycles. The lowest BCUT2D eigenvalue weighted by Gasteiger charge is -2.38. The third kappa shape index (κ3) is 3.64. The first-order valence-electron chi connectivity index (χ1n) is 10.1. The number of carbonyl (C=O) groups excluding carboxylic acids is 1. The van der Waals surface area contributed by atoms with Crippen molar-refractivity contribution < 1.29 is 18.7 Å². The Bertz CT molecular complexity index is 801. The molecule has 1 fully saturated rings. The lowest BCUT2D eigenvalue weighted by molar-refractivity contribution is 0.0255. The number of likely N-dealkylation sites (tertiary alicyclic amines) is 1. The van der Waals surface area contributed by atoms with Crippen molar-refractivity contribution in [3.63, 3.8) is 0 Å². The van der Waals surface area contributed by atoms with Gasteiger partial charge in [-0.3, -0.25) is 0 Å². The highest BCUT2D eigenvalue weighted by atomic mass is 16.6. The number of ether oxygens (including phenoxy) is 2. The number of rotatable bonds is 1. The molecule has 0 saturated carbocycles. The lowest BCUT2D eigenvalue weighted by atomic mass is 9.79. The summed E-state index contributed by atoms with van der Waals surface area (Å²) in [7, 11) is 2.13. The molecule has 152 valence electrons. The fraction of sp³-hybridized carbons (Fsp3) is 0.591. The van der Waals surface area contributed by atoms with E-state index in [9.17, 15) is 4.79 Å². The molecule has 3 heterocycles. The normalized spacial score (nSPS) is 23.1. The molecule has 0 N–H and O–H groups in total. The highest BCUT2D eigenvalue weighted by molar-refractivity contribution is 5.83. The molecule has 0 spiro atoms. The second-order valence-corrected chi connectivity index (χ2v) is 8.86. The zero-order chi connectivity index (χ0) is 19.9. The Labute approximate surface area is 166 Å². The molecule has 0 bridgehead atoms. The first-order chi connectivity index (χ1) is 13.3. The van der Waals surface area contributed by atoms with Crippen molar-refractivity contribution in [2.24, 2.45) is 5.92 Å². The van der Waals surface area contributed by atoms with E-state index in [0.717, 1.165) is 43.7 Å². The van der Waals surface area contributed by atoms with Gasteiger partial charge in [0.15, 0.2) is 0 Å². The molecular weight excluding hydrogens is 356 g/mol. The molecule has 28 heavy (non-hydrogen) atoms. The van der Waals surface area contributed by atoms with Gasteiger partial charge < -0.3 is 23.7 Å². The summed E-state index contributed by atoms with van der Waals surface area (Å²) in [6.07, 6.45) is 5.98. The van der Waals surface area contributed by atoms with Gasteiger partial charge in [0.25, 0.3) is 0 Å². The molecule has 1 aromatic heterocycles. The Hall–Kier alpha value is -2.37. The van der Waals surface area contributed by atoms with Crippen LogP contribution < -0.4 is 0 Å². The van der Waals surface area contributed by atoms with Crippen LogP contribution in [0.25, 0.3) is 5.57 Å². The van der Waals surface area contributed by atoms with Crippen LogP contribution in [0, 0.1) is 5.92 Å².